The van der Waals surface area contributed by atoms with Crippen LogP contribution in [0.3, 0.4) is 0 Å². The van der Waals surface area contributed by atoms with Crippen LogP contribution < -0.4 is 15.4 Å². The number of carbonyl (C=O) groups excluding carboxylic acids is 1. The van der Waals surface area contributed by atoms with Gasteiger partial charge in [-0.15, -0.1) is 0 Å². The van der Waals surface area contributed by atoms with Crippen molar-refractivity contribution in [3.8, 4) is 11.6 Å². The number of hydrogen-bond donors (Lipinski definition) is 3. The summed E-state index contributed by atoms with van der Waals surface area (Å²) in [6.45, 7) is 4.83. The van der Waals surface area contributed by atoms with E-state index in [1.807, 2.05) is 36.4 Å². The van der Waals surface area contributed by atoms with E-state index < -0.39 is 0 Å². The molecule has 5 rings (SSSR count). The molecule has 164 valence electrons. The van der Waals surface area contributed by atoms with Crippen LogP contribution >= 0.6 is 0 Å². The zero-order valence-electron chi connectivity index (χ0n) is 18.0. The number of anilines is 1. The van der Waals surface area contributed by atoms with Crippen LogP contribution in [-0.4, -0.2) is 36.8 Å². The largest absolute Gasteiger partial charge is 0.439 e. The van der Waals surface area contributed by atoms with Crippen LogP contribution in [0.4, 0.5) is 10.6 Å². The lowest BCUT2D eigenvalue weighted by Gasteiger charge is -2.08. The Hall–Kier alpha value is -3.72. The molecule has 9 heteroatoms. The molecular weight excluding hydrogens is 406 g/mol. The van der Waals surface area contributed by atoms with Crippen LogP contribution in [0.15, 0.2) is 48.9 Å². The van der Waals surface area contributed by atoms with E-state index in [4.69, 9.17) is 4.74 Å². The summed E-state index contributed by atoms with van der Waals surface area (Å²) in [4.78, 5) is 21.2. The van der Waals surface area contributed by atoms with Gasteiger partial charge in [0.05, 0.1) is 11.2 Å². The van der Waals surface area contributed by atoms with Crippen molar-refractivity contribution in [2.75, 3.05) is 5.32 Å². The number of amides is 1. The lowest BCUT2D eigenvalue weighted by molar-refractivity contribution is 0.254. The highest BCUT2D eigenvalue weighted by Crippen LogP contribution is 2.26. The number of aromatic amines is 1. The summed E-state index contributed by atoms with van der Waals surface area (Å²) in [6, 6.07) is 11.4. The topological polar surface area (TPSA) is 110 Å². The number of H-pyrrole nitrogens is 1. The van der Waals surface area contributed by atoms with Gasteiger partial charge < -0.3 is 10.1 Å². The van der Waals surface area contributed by atoms with Crippen molar-refractivity contribution in [1.29, 1.82) is 0 Å². The molecule has 1 aliphatic carbocycles. The van der Waals surface area contributed by atoms with Crippen molar-refractivity contribution in [3.63, 3.8) is 0 Å². The number of rotatable bonds is 7. The Balaban J connectivity index is 1.29. The number of carbonyl (C=O) groups is 1. The number of nitrogens with zero attached hydrogens (tertiary/aromatic N) is 4. The SMILES string of the molecule is CC(C)c1cc(NC(=O)n2ccc3cc(Oc4cc(CNC5CC5)ncn4)ccc32)n[nH]1. The maximum atomic E-state index is 12.7. The maximum absolute atomic E-state index is 12.7. The summed E-state index contributed by atoms with van der Waals surface area (Å²) < 4.78 is 7.49. The zero-order chi connectivity index (χ0) is 22.1. The smallest absolute Gasteiger partial charge is 0.331 e. The Morgan fingerprint density at radius 2 is 2.09 bits per heavy atom. The van der Waals surface area contributed by atoms with E-state index in [-0.39, 0.29) is 6.03 Å². The molecule has 1 aromatic carbocycles. The van der Waals surface area contributed by atoms with Crippen molar-refractivity contribution in [1.82, 2.24) is 30.0 Å². The molecule has 0 spiro atoms. The molecule has 1 saturated carbocycles. The van der Waals surface area contributed by atoms with Crippen LogP contribution in [0.5, 0.6) is 11.6 Å². The first-order valence-corrected chi connectivity index (χ1v) is 10.7. The molecule has 1 aliphatic rings. The second-order valence-corrected chi connectivity index (χ2v) is 8.30. The van der Waals surface area contributed by atoms with Crippen LogP contribution in [0.25, 0.3) is 10.9 Å². The molecular formula is C23H25N7O2. The van der Waals surface area contributed by atoms with Crippen molar-refractivity contribution >= 4 is 22.8 Å². The van der Waals surface area contributed by atoms with Crippen LogP contribution in [0.2, 0.25) is 0 Å². The number of aromatic nitrogens is 5. The highest BCUT2D eigenvalue weighted by molar-refractivity contribution is 5.98. The highest BCUT2D eigenvalue weighted by atomic mass is 16.5. The highest BCUT2D eigenvalue weighted by Gasteiger charge is 2.20. The molecule has 3 N–H and O–H groups in total. The Labute approximate surface area is 185 Å². The Kier molecular flexibility index (Phi) is 5.32. The first-order chi connectivity index (χ1) is 15.5. The van der Waals surface area contributed by atoms with E-state index in [1.54, 1.807) is 10.8 Å². The molecule has 0 saturated heterocycles. The number of ether oxygens (including phenoxy) is 1. The number of hydrogen-bond acceptors (Lipinski definition) is 6. The number of benzene rings is 1. The first kappa shape index (κ1) is 20.2. The van der Waals surface area contributed by atoms with Gasteiger partial charge in [-0.05, 0) is 43.0 Å². The van der Waals surface area contributed by atoms with Gasteiger partial charge in [-0.1, -0.05) is 13.8 Å². The van der Waals surface area contributed by atoms with Crippen molar-refractivity contribution in [2.45, 2.75) is 45.2 Å². The molecule has 4 aromatic rings. The second-order valence-electron chi connectivity index (χ2n) is 8.30. The van der Waals surface area contributed by atoms with Gasteiger partial charge in [0, 0.05) is 42.0 Å². The Morgan fingerprint density at radius 3 is 2.88 bits per heavy atom. The monoisotopic (exact) mass is 431 g/mol. The minimum absolute atomic E-state index is 0.279. The lowest BCUT2D eigenvalue weighted by Crippen LogP contribution is -2.18. The van der Waals surface area contributed by atoms with Gasteiger partial charge in [0.1, 0.15) is 12.1 Å². The van der Waals surface area contributed by atoms with Gasteiger partial charge in [-0.25, -0.2) is 14.8 Å². The molecule has 3 heterocycles. The van der Waals surface area contributed by atoms with Gasteiger partial charge >= 0.3 is 6.03 Å². The molecule has 0 atom stereocenters. The van der Waals surface area contributed by atoms with Crippen molar-refractivity contribution in [3.05, 3.63) is 60.3 Å². The van der Waals surface area contributed by atoms with E-state index in [1.165, 1.54) is 19.2 Å². The van der Waals surface area contributed by atoms with E-state index in [0.717, 1.165) is 22.3 Å². The predicted octanol–water partition coefficient (Wildman–Crippen LogP) is 4.40. The number of fused-ring (bicyclic) bond motifs is 1. The summed E-state index contributed by atoms with van der Waals surface area (Å²) in [5, 5.41) is 14.2. The van der Waals surface area contributed by atoms with Crippen molar-refractivity contribution < 1.29 is 9.53 Å². The summed E-state index contributed by atoms with van der Waals surface area (Å²) in [5.41, 5.74) is 2.63. The molecule has 9 nitrogen and oxygen atoms in total. The summed E-state index contributed by atoms with van der Waals surface area (Å²) in [7, 11) is 0. The average Bonchev–Trinajstić information content (AvgIpc) is 3.32. The fraction of sp³-hybridized carbons (Fsp3) is 0.304. The first-order valence-electron chi connectivity index (χ1n) is 10.7. The van der Waals surface area contributed by atoms with Crippen molar-refractivity contribution in [2.24, 2.45) is 0 Å². The minimum atomic E-state index is -0.279. The van der Waals surface area contributed by atoms with Gasteiger partial charge in [-0.3, -0.25) is 15.0 Å². The third kappa shape index (κ3) is 4.47. The molecule has 0 radical (unpaired) electrons. The molecule has 1 fully saturated rings. The van der Waals surface area contributed by atoms with Crippen LogP contribution in [0, 0.1) is 0 Å². The van der Waals surface area contributed by atoms with E-state index in [9.17, 15) is 4.79 Å². The van der Waals surface area contributed by atoms with Gasteiger partial charge in [0.25, 0.3) is 0 Å². The van der Waals surface area contributed by atoms with Gasteiger partial charge in [-0.2, -0.15) is 5.10 Å². The lowest BCUT2D eigenvalue weighted by atomic mass is 10.1. The summed E-state index contributed by atoms with van der Waals surface area (Å²) >= 11 is 0. The summed E-state index contributed by atoms with van der Waals surface area (Å²) in [5.74, 6) is 1.93. The maximum Gasteiger partial charge on any atom is 0.331 e. The molecule has 0 bridgehead atoms. The van der Waals surface area contributed by atoms with Gasteiger partial charge in [0.2, 0.25) is 5.88 Å². The summed E-state index contributed by atoms with van der Waals surface area (Å²) in [6.07, 6.45) is 5.70. The fourth-order valence-electron chi connectivity index (χ4n) is 3.41. The zero-order valence-corrected chi connectivity index (χ0v) is 18.0. The van der Waals surface area contributed by atoms with E-state index in [2.05, 4.69) is 44.6 Å². The normalized spacial score (nSPS) is 13.6. The fourth-order valence-corrected chi connectivity index (χ4v) is 3.41. The number of nitrogens with one attached hydrogen (secondary N) is 3. The van der Waals surface area contributed by atoms with Crippen LogP contribution in [-0.2, 0) is 6.54 Å². The quantitative estimate of drug-likeness (QED) is 0.400. The molecule has 0 aliphatic heterocycles. The average molecular weight is 432 g/mol. The minimum Gasteiger partial charge on any atom is -0.439 e. The van der Waals surface area contributed by atoms with Crippen LogP contribution in [0.1, 0.15) is 44.0 Å². The third-order valence-electron chi connectivity index (χ3n) is 5.41. The predicted molar refractivity (Wildman–Crippen MR) is 121 cm³/mol. The Morgan fingerprint density at radius 1 is 1.22 bits per heavy atom. The standard InChI is InChI=1S/C23H25N7O2/c1-14(2)19-11-21(29-28-19)27-23(31)30-8-7-15-9-18(5-6-20(15)30)32-22-10-17(25-13-26-22)12-24-16-3-4-16/h5-11,13-14,16,24H,3-4,12H2,1-2H3,(H2,27,28,29,31). The Bertz CT molecular complexity index is 1260. The van der Waals surface area contributed by atoms with Gasteiger partial charge in [0.15, 0.2) is 5.82 Å². The molecule has 0 unspecified atom stereocenters. The molecule has 3 aromatic heterocycles. The third-order valence-corrected chi connectivity index (χ3v) is 5.41. The molecule has 1 amide bonds. The van der Waals surface area contributed by atoms with E-state index in [0.29, 0.717) is 36.0 Å². The second kappa shape index (κ2) is 8.43. The van der Waals surface area contributed by atoms with E-state index >= 15 is 0 Å². The molecule has 32 heavy (non-hydrogen) atoms.